The van der Waals surface area contributed by atoms with Gasteiger partial charge in [0.25, 0.3) is 0 Å². The van der Waals surface area contributed by atoms with Gasteiger partial charge in [-0.1, -0.05) is 11.6 Å². The van der Waals surface area contributed by atoms with Crippen molar-refractivity contribution in [3.05, 3.63) is 28.8 Å². The van der Waals surface area contributed by atoms with E-state index in [9.17, 15) is 5.11 Å². The molecule has 0 bridgehead atoms. The molecule has 1 unspecified atom stereocenters. The molecule has 1 saturated heterocycles. The summed E-state index contributed by atoms with van der Waals surface area (Å²) in [6, 6.07) is 7.37. The topological polar surface area (TPSA) is 47.3 Å². The molecule has 1 heterocycles. The number of anilines is 1. The minimum atomic E-state index is -0.251. The first kappa shape index (κ1) is 10.3. The van der Waals surface area contributed by atoms with Crippen molar-refractivity contribution in [2.24, 2.45) is 0 Å². The van der Waals surface area contributed by atoms with Gasteiger partial charge in [0, 0.05) is 18.8 Å². The molecular weight excluding hydrogens is 212 g/mol. The van der Waals surface area contributed by atoms with E-state index in [-0.39, 0.29) is 6.10 Å². The summed E-state index contributed by atoms with van der Waals surface area (Å²) in [5, 5.41) is 18.6. The first-order valence-electron chi connectivity index (χ1n) is 4.83. The van der Waals surface area contributed by atoms with Crippen molar-refractivity contribution in [3.8, 4) is 6.07 Å². The monoisotopic (exact) mass is 222 g/mol. The lowest BCUT2D eigenvalue weighted by atomic mass is 10.2. The van der Waals surface area contributed by atoms with Crippen LogP contribution in [0.3, 0.4) is 0 Å². The Bertz CT molecular complexity index is 414. The first-order chi connectivity index (χ1) is 7.20. The summed E-state index contributed by atoms with van der Waals surface area (Å²) < 4.78 is 0. The Morgan fingerprint density at radius 1 is 1.53 bits per heavy atom. The van der Waals surface area contributed by atoms with Gasteiger partial charge in [-0.15, -0.1) is 0 Å². The summed E-state index contributed by atoms with van der Waals surface area (Å²) in [5.74, 6) is 0. The first-order valence-corrected chi connectivity index (χ1v) is 5.21. The Kier molecular flexibility index (Phi) is 2.81. The molecule has 1 aliphatic rings. The van der Waals surface area contributed by atoms with Gasteiger partial charge in [-0.2, -0.15) is 5.26 Å². The molecule has 1 N–H and O–H groups in total. The molecule has 3 nitrogen and oxygen atoms in total. The summed E-state index contributed by atoms with van der Waals surface area (Å²) >= 11 is 5.93. The van der Waals surface area contributed by atoms with E-state index in [0.29, 0.717) is 17.1 Å². The molecule has 15 heavy (non-hydrogen) atoms. The van der Waals surface area contributed by atoms with Crippen LogP contribution in [0.1, 0.15) is 12.0 Å². The molecule has 0 spiro atoms. The number of benzene rings is 1. The molecule has 4 heteroatoms. The van der Waals surface area contributed by atoms with E-state index in [2.05, 4.69) is 4.90 Å². The molecule has 1 fully saturated rings. The van der Waals surface area contributed by atoms with Gasteiger partial charge >= 0.3 is 0 Å². The highest BCUT2D eigenvalue weighted by Crippen LogP contribution is 2.25. The van der Waals surface area contributed by atoms with Gasteiger partial charge in [-0.05, 0) is 24.6 Å². The van der Waals surface area contributed by atoms with E-state index in [1.165, 1.54) is 0 Å². The largest absolute Gasteiger partial charge is 0.391 e. The zero-order valence-electron chi connectivity index (χ0n) is 8.15. The normalized spacial score (nSPS) is 20.3. The average Bonchev–Trinajstić information content (AvgIpc) is 2.65. The number of halogens is 1. The molecule has 1 atom stereocenters. The van der Waals surface area contributed by atoms with E-state index in [1.807, 2.05) is 12.1 Å². The Balaban J connectivity index is 2.24. The molecule has 78 valence electrons. The molecule has 0 aromatic heterocycles. The summed E-state index contributed by atoms with van der Waals surface area (Å²) in [6.07, 6.45) is 0.539. The minimum Gasteiger partial charge on any atom is -0.391 e. The molecule has 0 amide bonds. The molecule has 0 radical (unpaired) electrons. The minimum absolute atomic E-state index is 0.251. The second kappa shape index (κ2) is 4.09. The predicted molar refractivity (Wildman–Crippen MR) is 59.0 cm³/mol. The zero-order chi connectivity index (χ0) is 10.8. The summed E-state index contributed by atoms with van der Waals surface area (Å²) in [5.41, 5.74) is 1.45. The summed E-state index contributed by atoms with van der Waals surface area (Å²) in [6.45, 7) is 1.48. The highest BCUT2D eigenvalue weighted by atomic mass is 35.5. The van der Waals surface area contributed by atoms with E-state index in [0.717, 1.165) is 18.7 Å². The smallest absolute Gasteiger partial charge is 0.101 e. The van der Waals surface area contributed by atoms with Crippen LogP contribution in [0, 0.1) is 11.3 Å². The zero-order valence-corrected chi connectivity index (χ0v) is 8.91. The van der Waals surface area contributed by atoms with Gasteiger partial charge in [0.15, 0.2) is 0 Å². The van der Waals surface area contributed by atoms with Gasteiger partial charge in [0.1, 0.15) is 6.07 Å². The van der Waals surface area contributed by atoms with Crippen LogP contribution in [0.15, 0.2) is 18.2 Å². The third kappa shape index (κ3) is 2.06. The Labute approximate surface area is 93.5 Å². The lowest BCUT2D eigenvalue weighted by Crippen LogP contribution is -2.20. The molecule has 0 aliphatic carbocycles. The van der Waals surface area contributed by atoms with Crippen molar-refractivity contribution in [1.82, 2.24) is 0 Å². The van der Waals surface area contributed by atoms with E-state index in [4.69, 9.17) is 16.9 Å². The molecule has 0 saturated carbocycles. The third-order valence-electron chi connectivity index (χ3n) is 2.60. The van der Waals surface area contributed by atoms with Crippen LogP contribution in [-0.2, 0) is 0 Å². The van der Waals surface area contributed by atoms with Crippen LogP contribution in [0.25, 0.3) is 0 Å². The molecule has 1 aromatic rings. The number of hydrogen-bond donors (Lipinski definition) is 1. The summed E-state index contributed by atoms with van der Waals surface area (Å²) in [7, 11) is 0. The van der Waals surface area contributed by atoms with Crippen LogP contribution < -0.4 is 4.90 Å². The molecule has 2 rings (SSSR count). The fourth-order valence-electron chi connectivity index (χ4n) is 1.77. The van der Waals surface area contributed by atoms with Crippen molar-refractivity contribution < 1.29 is 5.11 Å². The fraction of sp³-hybridized carbons (Fsp3) is 0.364. The van der Waals surface area contributed by atoms with E-state index in [1.54, 1.807) is 12.1 Å². The average molecular weight is 223 g/mol. The summed E-state index contributed by atoms with van der Waals surface area (Å²) in [4.78, 5) is 2.07. The van der Waals surface area contributed by atoms with Crippen molar-refractivity contribution in [2.75, 3.05) is 18.0 Å². The maximum atomic E-state index is 9.40. The van der Waals surface area contributed by atoms with Gasteiger partial charge in [-0.3, -0.25) is 0 Å². The number of rotatable bonds is 1. The standard InChI is InChI=1S/C11H11ClN2O/c12-11-5-9(2-1-8(11)6-13)14-4-3-10(15)7-14/h1-2,5,10,15H,3-4,7H2. The number of nitrogens with zero attached hydrogens (tertiary/aromatic N) is 2. The molecular formula is C11H11ClN2O. The Hall–Kier alpha value is -1.24. The highest BCUT2D eigenvalue weighted by Gasteiger charge is 2.20. The molecule has 1 aliphatic heterocycles. The number of nitriles is 1. The van der Waals surface area contributed by atoms with E-state index >= 15 is 0 Å². The van der Waals surface area contributed by atoms with Gasteiger partial charge < -0.3 is 10.0 Å². The van der Waals surface area contributed by atoms with Crippen LogP contribution in [0.5, 0.6) is 0 Å². The van der Waals surface area contributed by atoms with Crippen LogP contribution in [-0.4, -0.2) is 24.3 Å². The maximum Gasteiger partial charge on any atom is 0.101 e. The van der Waals surface area contributed by atoms with Crippen LogP contribution >= 0.6 is 11.6 Å². The molecule has 1 aromatic carbocycles. The van der Waals surface area contributed by atoms with Crippen molar-refractivity contribution in [3.63, 3.8) is 0 Å². The Morgan fingerprint density at radius 3 is 2.87 bits per heavy atom. The number of aliphatic hydroxyl groups is 1. The lowest BCUT2D eigenvalue weighted by Gasteiger charge is -2.18. The van der Waals surface area contributed by atoms with Crippen LogP contribution in [0.2, 0.25) is 5.02 Å². The number of hydrogen-bond acceptors (Lipinski definition) is 3. The van der Waals surface area contributed by atoms with Gasteiger partial charge in [0.05, 0.1) is 16.7 Å². The van der Waals surface area contributed by atoms with Crippen molar-refractivity contribution >= 4 is 17.3 Å². The van der Waals surface area contributed by atoms with Crippen molar-refractivity contribution in [1.29, 1.82) is 5.26 Å². The van der Waals surface area contributed by atoms with Crippen LogP contribution in [0.4, 0.5) is 5.69 Å². The second-order valence-electron chi connectivity index (χ2n) is 3.66. The fourth-order valence-corrected chi connectivity index (χ4v) is 1.98. The number of aliphatic hydroxyl groups excluding tert-OH is 1. The van der Waals surface area contributed by atoms with Gasteiger partial charge in [-0.25, -0.2) is 0 Å². The highest BCUT2D eigenvalue weighted by molar-refractivity contribution is 6.32. The SMILES string of the molecule is N#Cc1ccc(N2CCC(O)C2)cc1Cl. The number of β-amino-alcohol motifs (C(OH)–C–C–N with tert-alkyl or cyclic N) is 1. The second-order valence-corrected chi connectivity index (χ2v) is 4.07. The third-order valence-corrected chi connectivity index (χ3v) is 2.91. The lowest BCUT2D eigenvalue weighted by molar-refractivity contribution is 0.198. The quantitative estimate of drug-likeness (QED) is 0.788. The van der Waals surface area contributed by atoms with Gasteiger partial charge in [0.2, 0.25) is 0 Å². The predicted octanol–water partition coefficient (Wildman–Crippen LogP) is 1.78. The van der Waals surface area contributed by atoms with E-state index < -0.39 is 0 Å². The maximum absolute atomic E-state index is 9.40. The van der Waals surface area contributed by atoms with Crippen molar-refractivity contribution in [2.45, 2.75) is 12.5 Å². The Morgan fingerprint density at radius 2 is 2.33 bits per heavy atom.